The summed E-state index contributed by atoms with van der Waals surface area (Å²) in [5.74, 6) is 0.0536. The number of hydrogen-bond donors (Lipinski definition) is 2. The summed E-state index contributed by atoms with van der Waals surface area (Å²) in [5, 5.41) is 5.86. The molecular weight excluding hydrogens is 351 g/mol. The Hall–Kier alpha value is -3.07. The summed E-state index contributed by atoms with van der Waals surface area (Å²) in [4.78, 5) is 27.0. The lowest BCUT2D eigenvalue weighted by molar-refractivity contribution is 0.102. The van der Waals surface area contributed by atoms with Crippen LogP contribution in [0.3, 0.4) is 0 Å². The van der Waals surface area contributed by atoms with Gasteiger partial charge in [-0.1, -0.05) is 0 Å². The molecule has 2 aromatic heterocycles. The van der Waals surface area contributed by atoms with Crippen LogP contribution in [0.15, 0.2) is 28.9 Å². The summed E-state index contributed by atoms with van der Waals surface area (Å²) >= 11 is 0. The second-order valence-corrected chi connectivity index (χ2v) is 6.47. The highest BCUT2D eigenvalue weighted by atomic mass is 19.1. The standard InChI is InChI=1S/C18H19FN6O2/c1-10-23-17-13(19)5-12(6-15(17)27-10)24-18(26)14-7-22-16(8-21-14)25-4-3-11(9-25)20-2/h5-8,11,20H,3-4,9H2,1-2H3,(H,24,26)/t11-/m1/s1. The number of oxazole rings is 1. The van der Waals surface area contributed by atoms with Crippen molar-refractivity contribution in [2.45, 2.75) is 19.4 Å². The fraction of sp³-hybridized carbons (Fsp3) is 0.333. The van der Waals surface area contributed by atoms with Gasteiger partial charge in [0, 0.05) is 37.8 Å². The fourth-order valence-electron chi connectivity index (χ4n) is 3.17. The van der Waals surface area contributed by atoms with Crippen LogP contribution in [-0.4, -0.2) is 47.0 Å². The first kappa shape index (κ1) is 17.3. The van der Waals surface area contributed by atoms with E-state index in [4.69, 9.17) is 4.42 Å². The molecule has 1 saturated heterocycles. The summed E-state index contributed by atoms with van der Waals surface area (Å²) in [6.07, 6.45) is 4.04. The third-order valence-corrected chi connectivity index (χ3v) is 4.60. The van der Waals surface area contributed by atoms with E-state index in [0.29, 0.717) is 11.9 Å². The summed E-state index contributed by atoms with van der Waals surface area (Å²) < 4.78 is 19.4. The highest BCUT2D eigenvalue weighted by Crippen LogP contribution is 2.24. The van der Waals surface area contributed by atoms with Gasteiger partial charge in [0.1, 0.15) is 17.0 Å². The molecule has 0 aliphatic carbocycles. The minimum absolute atomic E-state index is 0.139. The Morgan fingerprint density at radius 3 is 2.89 bits per heavy atom. The molecule has 27 heavy (non-hydrogen) atoms. The number of aryl methyl sites for hydroxylation is 1. The van der Waals surface area contributed by atoms with Crippen molar-refractivity contribution in [1.29, 1.82) is 0 Å². The molecule has 0 bridgehead atoms. The van der Waals surface area contributed by atoms with E-state index in [1.165, 1.54) is 18.3 Å². The molecule has 0 spiro atoms. The van der Waals surface area contributed by atoms with Crippen molar-refractivity contribution in [3.8, 4) is 0 Å². The number of likely N-dealkylation sites (N-methyl/N-ethyl adjacent to an activating group) is 1. The molecule has 1 amide bonds. The van der Waals surface area contributed by atoms with E-state index in [0.717, 1.165) is 25.3 Å². The molecule has 0 unspecified atom stereocenters. The Balaban J connectivity index is 1.48. The average molecular weight is 370 g/mol. The van der Waals surface area contributed by atoms with Crippen molar-refractivity contribution in [2.75, 3.05) is 30.4 Å². The number of amides is 1. The molecule has 0 saturated carbocycles. The summed E-state index contributed by atoms with van der Waals surface area (Å²) in [6.45, 7) is 3.38. The number of fused-ring (bicyclic) bond motifs is 1. The summed E-state index contributed by atoms with van der Waals surface area (Å²) in [5.41, 5.74) is 0.832. The molecule has 1 aliphatic rings. The number of benzene rings is 1. The average Bonchev–Trinajstić information content (AvgIpc) is 3.28. The first-order valence-corrected chi connectivity index (χ1v) is 8.66. The molecular formula is C18H19FN6O2. The smallest absolute Gasteiger partial charge is 0.275 e. The van der Waals surface area contributed by atoms with Crippen LogP contribution >= 0.6 is 0 Å². The van der Waals surface area contributed by atoms with E-state index in [2.05, 4.69) is 30.5 Å². The molecule has 1 atom stereocenters. The van der Waals surface area contributed by atoms with Crippen LogP contribution in [0.2, 0.25) is 0 Å². The predicted molar refractivity (Wildman–Crippen MR) is 98.4 cm³/mol. The number of nitrogens with zero attached hydrogens (tertiary/aromatic N) is 4. The van der Waals surface area contributed by atoms with Gasteiger partial charge in [-0.25, -0.2) is 19.3 Å². The van der Waals surface area contributed by atoms with E-state index in [-0.39, 0.29) is 22.5 Å². The van der Waals surface area contributed by atoms with Crippen molar-refractivity contribution < 1.29 is 13.6 Å². The topological polar surface area (TPSA) is 96.2 Å². The van der Waals surface area contributed by atoms with Crippen molar-refractivity contribution in [2.24, 2.45) is 0 Å². The van der Waals surface area contributed by atoms with E-state index < -0.39 is 11.7 Å². The van der Waals surface area contributed by atoms with Crippen LogP contribution in [-0.2, 0) is 0 Å². The molecule has 3 aromatic rings. The number of halogens is 1. The van der Waals surface area contributed by atoms with E-state index in [9.17, 15) is 9.18 Å². The maximum absolute atomic E-state index is 14.1. The second kappa shape index (κ2) is 6.92. The number of anilines is 2. The van der Waals surface area contributed by atoms with E-state index in [1.54, 1.807) is 13.1 Å². The van der Waals surface area contributed by atoms with Gasteiger partial charge in [-0.3, -0.25) is 4.79 Å². The lowest BCUT2D eigenvalue weighted by Crippen LogP contribution is -2.30. The zero-order valence-corrected chi connectivity index (χ0v) is 15.0. The van der Waals surface area contributed by atoms with Gasteiger partial charge < -0.3 is 20.0 Å². The minimum Gasteiger partial charge on any atom is -0.441 e. The zero-order chi connectivity index (χ0) is 19.0. The molecule has 2 N–H and O–H groups in total. The van der Waals surface area contributed by atoms with Crippen LogP contribution in [0, 0.1) is 12.7 Å². The number of nitrogens with one attached hydrogen (secondary N) is 2. The maximum Gasteiger partial charge on any atom is 0.275 e. The summed E-state index contributed by atoms with van der Waals surface area (Å²) in [7, 11) is 1.94. The van der Waals surface area contributed by atoms with Crippen molar-refractivity contribution in [3.63, 3.8) is 0 Å². The van der Waals surface area contributed by atoms with Gasteiger partial charge in [-0.05, 0) is 19.5 Å². The quantitative estimate of drug-likeness (QED) is 0.726. The fourth-order valence-corrected chi connectivity index (χ4v) is 3.17. The van der Waals surface area contributed by atoms with E-state index >= 15 is 0 Å². The van der Waals surface area contributed by atoms with Crippen molar-refractivity contribution in [1.82, 2.24) is 20.3 Å². The number of aromatic nitrogens is 3. The monoisotopic (exact) mass is 370 g/mol. The first-order valence-electron chi connectivity index (χ1n) is 8.66. The molecule has 9 heteroatoms. The molecule has 1 fully saturated rings. The first-order chi connectivity index (χ1) is 13.0. The van der Waals surface area contributed by atoms with Gasteiger partial charge in [-0.15, -0.1) is 0 Å². The van der Waals surface area contributed by atoms with Crippen molar-refractivity contribution >= 4 is 28.5 Å². The van der Waals surface area contributed by atoms with Crippen LogP contribution in [0.25, 0.3) is 11.1 Å². The SMILES string of the molecule is CN[C@@H]1CCN(c2cnc(C(=O)Nc3cc(F)c4nc(C)oc4c3)cn2)C1. The highest BCUT2D eigenvalue weighted by molar-refractivity contribution is 6.03. The number of carbonyl (C=O) groups is 1. The van der Waals surface area contributed by atoms with Gasteiger partial charge in [0.2, 0.25) is 0 Å². The van der Waals surface area contributed by atoms with Crippen molar-refractivity contribution in [3.05, 3.63) is 41.9 Å². The zero-order valence-electron chi connectivity index (χ0n) is 15.0. The van der Waals surface area contributed by atoms with Crippen LogP contribution in [0.1, 0.15) is 22.8 Å². The molecule has 3 heterocycles. The summed E-state index contributed by atoms with van der Waals surface area (Å²) in [6, 6.07) is 3.16. The van der Waals surface area contributed by atoms with Crippen LogP contribution in [0.4, 0.5) is 15.9 Å². The van der Waals surface area contributed by atoms with Gasteiger partial charge in [0.05, 0.1) is 12.4 Å². The third kappa shape index (κ3) is 3.45. The van der Waals surface area contributed by atoms with Gasteiger partial charge >= 0.3 is 0 Å². The number of rotatable bonds is 4. The van der Waals surface area contributed by atoms with Gasteiger partial charge in [0.25, 0.3) is 5.91 Å². The van der Waals surface area contributed by atoms with Crippen LogP contribution < -0.4 is 15.5 Å². The van der Waals surface area contributed by atoms with Gasteiger partial charge in [-0.2, -0.15) is 0 Å². The second-order valence-electron chi connectivity index (χ2n) is 6.47. The molecule has 0 radical (unpaired) electrons. The largest absolute Gasteiger partial charge is 0.441 e. The van der Waals surface area contributed by atoms with Gasteiger partial charge in [0.15, 0.2) is 17.3 Å². The maximum atomic E-state index is 14.1. The Morgan fingerprint density at radius 2 is 2.19 bits per heavy atom. The lowest BCUT2D eigenvalue weighted by Gasteiger charge is -2.16. The molecule has 8 nitrogen and oxygen atoms in total. The Morgan fingerprint density at radius 1 is 1.33 bits per heavy atom. The van der Waals surface area contributed by atoms with E-state index in [1.807, 2.05) is 7.05 Å². The molecule has 1 aromatic carbocycles. The molecule has 140 valence electrons. The number of hydrogen-bond acceptors (Lipinski definition) is 7. The third-order valence-electron chi connectivity index (χ3n) is 4.60. The molecule has 4 rings (SSSR count). The normalized spacial score (nSPS) is 16.9. The Bertz CT molecular complexity index is 987. The highest BCUT2D eigenvalue weighted by Gasteiger charge is 2.22. The Kier molecular flexibility index (Phi) is 4.44. The van der Waals surface area contributed by atoms with Crippen LogP contribution in [0.5, 0.6) is 0 Å². The predicted octanol–water partition coefficient (Wildman–Crippen LogP) is 2.12. The lowest BCUT2D eigenvalue weighted by atomic mass is 10.2. The minimum atomic E-state index is -0.561. The number of carbonyl (C=O) groups excluding carboxylic acids is 1. The Labute approximate surface area is 154 Å². The molecule has 1 aliphatic heterocycles.